The monoisotopic (exact) mass is 391 g/mol. The Kier molecular flexibility index (Phi) is 5.97. The zero-order valence-electron chi connectivity index (χ0n) is 15.5. The normalized spacial score (nSPS) is 11.4. The van der Waals surface area contributed by atoms with E-state index < -0.39 is 27.4 Å². The van der Waals surface area contributed by atoms with Crippen LogP contribution < -0.4 is 5.32 Å². The van der Waals surface area contributed by atoms with Gasteiger partial charge in [-0.1, -0.05) is 17.7 Å². The van der Waals surface area contributed by atoms with Crippen LogP contribution in [0.3, 0.4) is 0 Å². The quantitative estimate of drug-likeness (QED) is 0.601. The van der Waals surface area contributed by atoms with Gasteiger partial charge in [-0.3, -0.25) is 14.9 Å². The Hall–Kier alpha value is -2.78. The molecule has 0 aliphatic carbocycles. The summed E-state index contributed by atoms with van der Waals surface area (Å²) in [5.41, 5.74) is 2.17. The molecule has 0 bridgehead atoms. The first kappa shape index (κ1) is 20.5. The summed E-state index contributed by atoms with van der Waals surface area (Å²) in [6.45, 7) is 4.67. The van der Waals surface area contributed by atoms with Gasteiger partial charge in [0.25, 0.3) is 5.69 Å². The fourth-order valence-corrected chi connectivity index (χ4v) is 3.92. The van der Waals surface area contributed by atoms with Gasteiger partial charge < -0.3 is 5.32 Å². The maximum Gasteiger partial charge on any atom is 0.271 e. The SMILES string of the molecule is Cc1ccc(NC(=O)CN(C)S(=O)(=O)c2cc([N+](=O)[O-])cc(C)c2C)cc1. The van der Waals surface area contributed by atoms with Crippen LogP contribution in [0, 0.1) is 30.9 Å². The number of carbonyl (C=O) groups excluding carboxylic acids is 1. The summed E-state index contributed by atoms with van der Waals surface area (Å²) in [6, 6.07) is 9.42. The molecule has 0 unspecified atom stereocenters. The minimum Gasteiger partial charge on any atom is -0.325 e. The molecule has 0 aliphatic rings. The smallest absolute Gasteiger partial charge is 0.271 e. The van der Waals surface area contributed by atoms with E-state index in [-0.39, 0.29) is 10.6 Å². The molecule has 27 heavy (non-hydrogen) atoms. The fraction of sp³-hybridized carbons (Fsp3) is 0.278. The number of sulfonamides is 1. The van der Waals surface area contributed by atoms with E-state index in [0.717, 1.165) is 15.9 Å². The van der Waals surface area contributed by atoms with Crippen LogP contribution in [0.25, 0.3) is 0 Å². The number of carbonyl (C=O) groups is 1. The topological polar surface area (TPSA) is 110 Å². The number of non-ortho nitro benzene ring substituents is 1. The molecule has 0 saturated heterocycles. The number of likely N-dealkylation sites (N-methyl/N-ethyl adjacent to an activating group) is 1. The van der Waals surface area contributed by atoms with Crippen LogP contribution in [0.1, 0.15) is 16.7 Å². The number of hydrogen-bond acceptors (Lipinski definition) is 5. The molecule has 0 fully saturated rings. The highest BCUT2D eigenvalue weighted by atomic mass is 32.2. The maximum absolute atomic E-state index is 12.8. The van der Waals surface area contributed by atoms with Crippen LogP contribution in [0.2, 0.25) is 0 Å². The first-order valence-electron chi connectivity index (χ1n) is 8.11. The molecule has 1 amide bonds. The Morgan fingerprint density at radius 1 is 1.15 bits per heavy atom. The standard InChI is InChI=1S/C18H21N3O5S/c1-12-5-7-15(8-6-12)19-18(22)11-20(4)27(25,26)17-10-16(21(23)24)9-13(2)14(17)3/h5-10H,11H2,1-4H3,(H,19,22). The number of rotatable bonds is 6. The van der Waals surface area contributed by atoms with Crippen LogP contribution in [-0.2, 0) is 14.8 Å². The largest absolute Gasteiger partial charge is 0.325 e. The number of nitrogens with one attached hydrogen (secondary N) is 1. The van der Waals surface area contributed by atoms with E-state index in [4.69, 9.17) is 0 Å². The first-order chi connectivity index (χ1) is 12.5. The zero-order chi connectivity index (χ0) is 20.4. The summed E-state index contributed by atoms with van der Waals surface area (Å²) >= 11 is 0. The number of nitro benzene ring substituents is 1. The predicted molar refractivity (Wildman–Crippen MR) is 102 cm³/mol. The molecule has 2 aromatic rings. The van der Waals surface area contributed by atoms with Gasteiger partial charge in [0.1, 0.15) is 0 Å². The van der Waals surface area contributed by atoms with Gasteiger partial charge in [-0.05, 0) is 44.0 Å². The van der Waals surface area contributed by atoms with Gasteiger partial charge in [-0.2, -0.15) is 4.31 Å². The van der Waals surface area contributed by atoms with Gasteiger partial charge >= 0.3 is 0 Å². The second-order valence-corrected chi connectivity index (χ2v) is 8.33. The molecule has 0 aromatic heterocycles. The Morgan fingerprint density at radius 2 is 1.74 bits per heavy atom. The molecule has 8 nitrogen and oxygen atoms in total. The number of anilines is 1. The van der Waals surface area contributed by atoms with Crippen molar-refractivity contribution in [2.45, 2.75) is 25.7 Å². The summed E-state index contributed by atoms with van der Waals surface area (Å²) in [7, 11) is -2.81. The highest BCUT2D eigenvalue weighted by Crippen LogP contribution is 2.27. The average molecular weight is 391 g/mol. The maximum atomic E-state index is 12.8. The number of nitro groups is 1. The third kappa shape index (κ3) is 4.69. The van der Waals surface area contributed by atoms with Crippen molar-refractivity contribution < 1.29 is 18.1 Å². The van der Waals surface area contributed by atoms with Crippen LogP contribution in [0.4, 0.5) is 11.4 Å². The highest BCUT2D eigenvalue weighted by Gasteiger charge is 2.27. The van der Waals surface area contributed by atoms with Crippen molar-refractivity contribution in [2.24, 2.45) is 0 Å². The van der Waals surface area contributed by atoms with Gasteiger partial charge in [0.05, 0.1) is 16.4 Å². The summed E-state index contributed by atoms with van der Waals surface area (Å²) in [6.07, 6.45) is 0. The second kappa shape index (κ2) is 7.85. The highest BCUT2D eigenvalue weighted by molar-refractivity contribution is 7.89. The lowest BCUT2D eigenvalue weighted by molar-refractivity contribution is -0.385. The molecular weight excluding hydrogens is 370 g/mol. The molecule has 0 atom stereocenters. The van der Waals surface area contributed by atoms with E-state index in [9.17, 15) is 23.3 Å². The lowest BCUT2D eigenvalue weighted by Gasteiger charge is -2.19. The summed E-state index contributed by atoms with van der Waals surface area (Å²) in [5, 5.41) is 13.7. The van der Waals surface area contributed by atoms with E-state index in [1.807, 2.05) is 19.1 Å². The molecule has 1 N–H and O–H groups in total. The van der Waals surface area contributed by atoms with E-state index >= 15 is 0 Å². The van der Waals surface area contributed by atoms with E-state index in [1.54, 1.807) is 26.0 Å². The molecule has 0 aliphatic heterocycles. The van der Waals surface area contributed by atoms with Gasteiger partial charge in [0.2, 0.25) is 15.9 Å². The molecular formula is C18H21N3O5S. The van der Waals surface area contributed by atoms with E-state index in [0.29, 0.717) is 16.8 Å². The molecule has 144 valence electrons. The first-order valence-corrected chi connectivity index (χ1v) is 9.55. The summed E-state index contributed by atoms with van der Waals surface area (Å²) < 4.78 is 26.5. The van der Waals surface area contributed by atoms with Crippen molar-refractivity contribution in [2.75, 3.05) is 18.9 Å². The van der Waals surface area contributed by atoms with Gasteiger partial charge in [0, 0.05) is 24.9 Å². The van der Waals surface area contributed by atoms with Crippen molar-refractivity contribution in [3.05, 3.63) is 63.2 Å². The summed E-state index contributed by atoms with van der Waals surface area (Å²) in [5.74, 6) is -0.510. The minimum absolute atomic E-state index is 0.181. The number of amides is 1. The fourth-order valence-electron chi connectivity index (χ4n) is 2.47. The minimum atomic E-state index is -4.07. The van der Waals surface area contributed by atoms with Crippen LogP contribution in [0.15, 0.2) is 41.3 Å². The molecule has 0 heterocycles. The molecule has 2 aromatic carbocycles. The van der Waals surface area contributed by atoms with Crippen LogP contribution in [0.5, 0.6) is 0 Å². The van der Waals surface area contributed by atoms with Gasteiger partial charge in [0.15, 0.2) is 0 Å². The molecule has 9 heteroatoms. The molecule has 0 spiro atoms. The number of nitrogens with zero attached hydrogens (tertiary/aromatic N) is 2. The molecule has 0 radical (unpaired) electrons. The second-order valence-electron chi connectivity index (χ2n) is 6.32. The number of hydrogen-bond donors (Lipinski definition) is 1. The average Bonchev–Trinajstić information content (AvgIpc) is 2.58. The van der Waals surface area contributed by atoms with E-state index in [1.165, 1.54) is 13.1 Å². The van der Waals surface area contributed by atoms with Crippen molar-refractivity contribution in [1.82, 2.24) is 4.31 Å². The third-order valence-corrected chi connectivity index (χ3v) is 6.13. The Bertz CT molecular complexity index is 985. The van der Waals surface area contributed by atoms with Crippen LogP contribution in [-0.4, -0.2) is 37.1 Å². The van der Waals surface area contributed by atoms with Crippen molar-refractivity contribution in [3.8, 4) is 0 Å². The van der Waals surface area contributed by atoms with E-state index in [2.05, 4.69) is 5.32 Å². The zero-order valence-corrected chi connectivity index (χ0v) is 16.3. The third-order valence-electron chi connectivity index (χ3n) is 4.21. The van der Waals surface area contributed by atoms with Crippen molar-refractivity contribution in [1.29, 1.82) is 0 Å². The van der Waals surface area contributed by atoms with Crippen LogP contribution >= 0.6 is 0 Å². The Labute approximate surface area is 158 Å². The van der Waals surface area contributed by atoms with Crippen molar-refractivity contribution >= 4 is 27.3 Å². The number of benzene rings is 2. The lowest BCUT2D eigenvalue weighted by Crippen LogP contribution is -2.35. The number of aryl methyl sites for hydroxylation is 2. The Balaban J connectivity index is 2.24. The van der Waals surface area contributed by atoms with Crippen molar-refractivity contribution in [3.63, 3.8) is 0 Å². The predicted octanol–water partition coefficient (Wildman–Crippen LogP) is 2.78. The van der Waals surface area contributed by atoms with Gasteiger partial charge in [-0.15, -0.1) is 0 Å². The summed E-state index contributed by atoms with van der Waals surface area (Å²) in [4.78, 5) is 22.4. The molecule has 0 saturated carbocycles. The molecule has 2 rings (SSSR count). The Morgan fingerprint density at radius 3 is 2.30 bits per heavy atom. The van der Waals surface area contributed by atoms with Gasteiger partial charge in [-0.25, -0.2) is 8.42 Å². The lowest BCUT2D eigenvalue weighted by atomic mass is 10.1.